The van der Waals surface area contributed by atoms with Crippen LogP contribution in [0.15, 0.2) is 71.7 Å². The molecule has 0 saturated heterocycles. The number of nitrogens with zero attached hydrogens (tertiary/aromatic N) is 1. The highest BCUT2D eigenvalue weighted by Crippen LogP contribution is 2.16. The third kappa shape index (κ3) is 3.79. The monoisotopic (exact) mass is 319 g/mol. The van der Waals surface area contributed by atoms with E-state index in [1.54, 1.807) is 30.5 Å². The number of rotatable bonds is 5. The number of aliphatic carboxylic acids is 1. The molecule has 0 bridgehead atoms. The molecule has 120 valence electrons. The number of phenolic OH excluding ortho intramolecular Hbond substituents is 1. The summed E-state index contributed by atoms with van der Waals surface area (Å²) in [5.41, 5.74) is 1.68. The van der Waals surface area contributed by atoms with E-state index in [9.17, 15) is 15.0 Å². The second kappa shape index (κ2) is 6.96. The number of carboxylic acids is 1. The van der Waals surface area contributed by atoms with E-state index in [1.807, 2.05) is 42.5 Å². The Kier molecular flexibility index (Phi) is 4.57. The number of aliphatic imine (C=N–C) groups is 1. The summed E-state index contributed by atoms with van der Waals surface area (Å²) in [5, 5.41) is 20.9. The lowest BCUT2D eigenvalue weighted by Gasteiger charge is -2.08. The van der Waals surface area contributed by atoms with E-state index in [0.29, 0.717) is 0 Å². The Morgan fingerprint density at radius 3 is 2.42 bits per heavy atom. The topological polar surface area (TPSA) is 69.9 Å². The Labute approximate surface area is 139 Å². The van der Waals surface area contributed by atoms with Gasteiger partial charge in [-0.15, -0.1) is 0 Å². The molecule has 0 fully saturated rings. The fourth-order valence-corrected chi connectivity index (χ4v) is 2.52. The van der Waals surface area contributed by atoms with Crippen LogP contribution in [0.2, 0.25) is 0 Å². The Morgan fingerprint density at radius 1 is 1.00 bits per heavy atom. The Hall–Kier alpha value is -3.14. The number of phenols is 1. The van der Waals surface area contributed by atoms with Crippen LogP contribution >= 0.6 is 0 Å². The van der Waals surface area contributed by atoms with Crippen molar-refractivity contribution in [2.75, 3.05) is 0 Å². The molecule has 0 saturated carbocycles. The van der Waals surface area contributed by atoms with Gasteiger partial charge in [0, 0.05) is 12.6 Å². The Bertz CT molecular complexity index is 885. The average molecular weight is 319 g/mol. The Morgan fingerprint density at radius 2 is 1.71 bits per heavy atom. The average Bonchev–Trinajstić information content (AvgIpc) is 2.60. The van der Waals surface area contributed by atoms with Crippen LogP contribution in [0.25, 0.3) is 10.8 Å². The summed E-state index contributed by atoms with van der Waals surface area (Å²) in [6, 6.07) is 19.5. The van der Waals surface area contributed by atoms with Gasteiger partial charge in [-0.25, -0.2) is 4.79 Å². The largest absolute Gasteiger partial charge is 0.508 e. The number of carboxylic acid groups (broad SMARTS) is 1. The maximum Gasteiger partial charge on any atom is 0.328 e. The molecule has 0 aliphatic heterocycles. The van der Waals surface area contributed by atoms with Crippen LogP contribution in [0.1, 0.15) is 11.1 Å². The first kappa shape index (κ1) is 15.7. The summed E-state index contributed by atoms with van der Waals surface area (Å²) in [4.78, 5) is 15.7. The van der Waals surface area contributed by atoms with Gasteiger partial charge in [-0.1, -0.05) is 48.5 Å². The smallest absolute Gasteiger partial charge is 0.328 e. The van der Waals surface area contributed by atoms with Crippen LogP contribution in [-0.4, -0.2) is 28.4 Å². The molecule has 4 heteroatoms. The fourth-order valence-electron chi connectivity index (χ4n) is 2.52. The summed E-state index contributed by atoms with van der Waals surface area (Å²) in [7, 11) is 0. The molecule has 0 heterocycles. The van der Waals surface area contributed by atoms with Crippen LogP contribution < -0.4 is 0 Å². The summed E-state index contributed by atoms with van der Waals surface area (Å²) in [6.45, 7) is 0. The van der Waals surface area contributed by atoms with Crippen LogP contribution in [-0.2, 0) is 11.2 Å². The minimum Gasteiger partial charge on any atom is -0.508 e. The van der Waals surface area contributed by atoms with Gasteiger partial charge in [0.05, 0.1) is 0 Å². The van der Waals surface area contributed by atoms with Gasteiger partial charge in [0.25, 0.3) is 0 Å². The molecule has 3 rings (SSSR count). The maximum atomic E-state index is 11.4. The number of hydrogen-bond donors (Lipinski definition) is 2. The molecule has 0 radical (unpaired) electrons. The molecule has 0 aliphatic rings. The van der Waals surface area contributed by atoms with E-state index in [4.69, 9.17) is 0 Å². The summed E-state index contributed by atoms with van der Waals surface area (Å²) in [5.74, 6) is -0.814. The molecule has 0 unspecified atom stereocenters. The zero-order chi connectivity index (χ0) is 16.9. The van der Waals surface area contributed by atoms with Gasteiger partial charge < -0.3 is 10.2 Å². The molecular weight excluding hydrogens is 302 g/mol. The predicted octanol–water partition coefficient (Wildman–Crippen LogP) is 3.66. The lowest BCUT2D eigenvalue weighted by molar-refractivity contribution is -0.138. The molecule has 3 aromatic rings. The zero-order valence-corrected chi connectivity index (χ0v) is 13.0. The van der Waals surface area contributed by atoms with E-state index in [0.717, 1.165) is 21.9 Å². The highest BCUT2D eigenvalue weighted by Gasteiger charge is 2.16. The summed E-state index contributed by atoms with van der Waals surface area (Å²) < 4.78 is 0. The van der Waals surface area contributed by atoms with Gasteiger partial charge >= 0.3 is 5.97 Å². The molecule has 0 spiro atoms. The second-order valence-corrected chi connectivity index (χ2v) is 5.61. The van der Waals surface area contributed by atoms with E-state index >= 15 is 0 Å². The van der Waals surface area contributed by atoms with Gasteiger partial charge in [-0.2, -0.15) is 0 Å². The van der Waals surface area contributed by atoms with Gasteiger partial charge in [0.2, 0.25) is 0 Å². The number of fused-ring (bicyclic) bond motifs is 1. The highest BCUT2D eigenvalue weighted by molar-refractivity contribution is 5.91. The predicted molar refractivity (Wildman–Crippen MR) is 94.8 cm³/mol. The van der Waals surface area contributed by atoms with Crippen LogP contribution in [0, 0.1) is 0 Å². The third-order valence-corrected chi connectivity index (χ3v) is 3.83. The molecule has 0 aromatic heterocycles. The maximum absolute atomic E-state index is 11.4. The van der Waals surface area contributed by atoms with Crippen molar-refractivity contribution in [3.05, 3.63) is 77.9 Å². The molecule has 24 heavy (non-hydrogen) atoms. The number of hydrogen-bond acceptors (Lipinski definition) is 3. The van der Waals surface area contributed by atoms with Crippen molar-refractivity contribution in [1.29, 1.82) is 0 Å². The Balaban J connectivity index is 1.79. The third-order valence-electron chi connectivity index (χ3n) is 3.83. The highest BCUT2D eigenvalue weighted by atomic mass is 16.4. The van der Waals surface area contributed by atoms with Crippen LogP contribution in [0.5, 0.6) is 5.75 Å². The van der Waals surface area contributed by atoms with Gasteiger partial charge in [-0.3, -0.25) is 4.99 Å². The van der Waals surface area contributed by atoms with Gasteiger partial charge in [0.15, 0.2) is 6.04 Å². The summed E-state index contributed by atoms with van der Waals surface area (Å²) in [6.07, 6.45) is 1.88. The van der Waals surface area contributed by atoms with Crippen molar-refractivity contribution < 1.29 is 15.0 Å². The molecule has 0 aliphatic carbocycles. The van der Waals surface area contributed by atoms with Crippen molar-refractivity contribution in [3.63, 3.8) is 0 Å². The minimum atomic E-state index is -0.972. The fraction of sp³-hybridized carbons (Fsp3) is 0.100. The minimum absolute atomic E-state index is 0.158. The molecule has 2 N–H and O–H groups in total. The quantitative estimate of drug-likeness (QED) is 0.705. The number of aromatic hydroxyl groups is 1. The molecule has 1 atom stereocenters. The van der Waals surface area contributed by atoms with Crippen molar-refractivity contribution in [2.45, 2.75) is 12.5 Å². The van der Waals surface area contributed by atoms with Crippen molar-refractivity contribution in [3.8, 4) is 5.75 Å². The van der Waals surface area contributed by atoms with E-state index < -0.39 is 12.0 Å². The second-order valence-electron chi connectivity index (χ2n) is 5.61. The van der Waals surface area contributed by atoms with E-state index in [1.165, 1.54) is 0 Å². The molecule has 3 aromatic carbocycles. The van der Waals surface area contributed by atoms with Gasteiger partial charge in [-0.05, 0) is 40.1 Å². The number of benzene rings is 3. The lowest BCUT2D eigenvalue weighted by atomic mass is 10.1. The SMILES string of the molecule is O=C(O)[C@H](Cc1ccc(O)cc1)N=Cc1ccc2ccccc2c1. The number of carbonyl (C=O) groups is 1. The lowest BCUT2D eigenvalue weighted by Crippen LogP contribution is -2.20. The van der Waals surface area contributed by atoms with Crippen LogP contribution in [0.3, 0.4) is 0 Å². The first-order valence-corrected chi connectivity index (χ1v) is 7.64. The van der Waals surface area contributed by atoms with Crippen LogP contribution in [0.4, 0.5) is 0 Å². The van der Waals surface area contributed by atoms with E-state index in [-0.39, 0.29) is 12.2 Å². The van der Waals surface area contributed by atoms with Crippen molar-refractivity contribution in [2.24, 2.45) is 4.99 Å². The normalized spacial score (nSPS) is 12.5. The molecule has 0 amide bonds. The first-order chi connectivity index (χ1) is 11.6. The molecule has 4 nitrogen and oxygen atoms in total. The van der Waals surface area contributed by atoms with Crippen molar-refractivity contribution >= 4 is 23.0 Å². The first-order valence-electron chi connectivity index (χ1n) is 7.64. The zero-order valence-electron chi connectivity index (χ0n) is 13.0. The van der Waals surface area contributed by atoms with E-state index in [2.05, 4.69) is 4.99 Å². The van der Waals surface area contributed by atoms with Crippen molar-refractivity contribution in [1.82, 2.24) is 0 Å². The standard InChI is InChI=1S/C20H17NO3/c22-18-9-6-14(7-10-18)12-19(20(23)24)21-13-15-5-8-16-3-1-2-4-17(16)11-15/h1-11,13,19,22H,12H2,(H,23,24)/t19-/m0/s1. The summed E-state index contributed by atoms with van der Waals surface area (Å²) >= 11 is 0. The molecular formula is C20H17NO3. The van der Waals surface area contributed by atoms with Gasteiger partial charge in [0.1, 0.15) is 5.75 Å².